The van der Waals surface area contributed by atoms with Crippen LogP contribution in [0.1, 0.15) is 45.4 Å². The van der Waals surface area contributed by atoms with Crippen LogP contribution in [0.5, 0.6) is 0 Å². The van der Waals surface area contributed by atoms with E-state index in [2.05, 4.69) is 0 Å². The maximum absolute atomic E-state index is 13.0. The van der Waals surface area contributed by atoms with Crippen LogP contribution in [0.2, 0.25) is 0 Å². The summed E-state index contributed by atoms with van der Waals surface area (Å²) in [4.78, 5) is 12.0. The Bertz CT molecular complexity index is 275. The third-order valence-electron chi connectivity index (χ3n) is 3.56. The number of carbonyl (C=O) groups is 1. The first kappa shape index (κ1) is 15.3. The standard InChI is InChI=1S/C12H20F3NO2/c1-2-16(9-6-4-3-5-7-9)10(8-11(17)18)12(13,14)15/h9-10H,2-8H2,1H3,(H,17,18). The normalized spacial score (nSPS) is 20.1. The molecule has 3 nitrogen and oxygen atoms in total. The van der Waals surface area contributed by atoms with Crippen LogP contribution in [0.3, 0.4) is 0 Å². The van der Waals surface area contributed by atoms with E-state index in [1.807, 2.05) is 0 Å². The topological polar surface area (TPSA) is 40.5 Å². The van der Waals surface area contributed by atoms with E-state index in [0.717, 1.165) is 32.1 Å². The molecule has 1 rings (SSSR count). The van der Waals surface area contributed by atoms with Gasteiger partial charge in [0.15, 0.2) is 0 Å². The molecule has 106 valence electrons. The van der Waals surface area contributed by atoms with Gasteiger partial charge >= 0.3 is 12.1 Å². The van der Waals surface area contributed by atoms with Gasteiger partial charge in [-0.3, -0.25) is 9.69 Å². The van der Waals surface area contributed by atoms with Crippen molar-refractivity contribution in [2.24, 2.45) is 0 Å². The Kier molecular flexibility index (Phi) is 5.44. The van der Waals surface area contributed by atoms with Crippen LogP contribution in [0.4, 0.5) is 13.2 Å². The molecule has 0 aromatic heterocycles. The summed E-state index contributed by atoms with van der Waals surface area (Å²) >= 11 is 0. The summed E-state index contributed by atoms with van der Waals surface area (Å²) in [6, 6.07) is -1.99. The van der Waals surface area contributed by atoms with Gasteiger partial charge in [0.1, 0.15) is 6.04 Å². The van der Waals surface area contributed by atoms with Crippen LogP contribution in [0, 0.1) is 0 Å². The molecule has 0 aromatic carbocycles. The van der Waals surface area contributed by atoms with Crippen molar-refractivity contribution in [2.75, 3.05) is 6.54 Å². The second-order valence-corrected chi connectivity index (χ2v) is 4.78. The first-order valence-corrected chi connectivity index (χ1v) is 6.40. The van der Waals surface area contributed by atoms with Gasteiger partial charge in [0.2, 0.25) is 0 Å². The molecule has 1 unspecified atom stereocenters. The molecule has 18 heavy (non-hydrogen) atoms. The monoisotopic (exact) mass is 267 g/mol. The zero-order valence-corrected chi connectivity index (χ0v) is 10.5. The summed E-state index contributed by atoms with van der Waals surface area (Å²) in [6.45, 7) is 1.90. The number of alkyl halides is 3. The Hall–Kier alpha value is -0.780. The van der Waals surface area contributed by atoms with Gasteiger partial charge in [0.25, 0.3) is 0 Å². The second-order valence-electron chi connectivity index (χ2n) is 4.78. The largest absolute Gasteiger partial charge is 0.481 e. The van der Waals surface area contributed by atoms with E-state index in [9.17, 15) is 18.0 Å². The van der Waals surface area contributed by atoms with Gasteiger partial charge in [-0.1, -0.05) is 26.2 Å². The van der Waals surface area contributed by atoms with E-state index < -0.39 is 24.6 Å². The van der Waals surface area contributed by atoms with Crippen LogP contribution in [-0.2, 0) is 4.79 Å². The number of hydrogen-bond acceptors (Lipinski definition) is 2. The molecular weight excluding hydrogens is 247 g/mol. The quantitative estimate of drug-likeness (QED) is 0.832. The predicted octanol–water partition coefficient (Wildman–Crippen LogP) is 3.05. The van der Waals surface area contributed by atoms with Crippen molar-refractivity contribution in [1.82, 2.24) is 4.90 Å². The summed E-state index contributed by atoms with van der Waals surface area (Å²) in [5.74, 6) is -1.40. The number of rotatable bonds is 5. The van der Waals surface area contributed by atoms with Gasteiger partial charge in [-0.25, -0.2) is 0 Å². The Morgan fingerprint density at radius 1 is 1.33 bits per heavy atom. The van der Waals surface area contributed by atoms with Gasteiger partial charge in [-0.15, -0.1) is 0 Å². The fourth-order valence-corrected chi connectivity index (χ4v) is 2.73. The van der Waals surface area contributed by atoms with Crippen LogP contribution in [0.15, 0.2) is 0 Å². The minimum absolute atomic E-state index is 0.130. The summed E-state index contributed by atoms with van der Waals surface area (Å²) in [6.07, 6.45) is -0.957. The first-order chi connectivity index (χ1) is 8.36. The minimum Gasteiger partial charge on any atom is -0.481 e. The molecule has 0 radical (unpaired) electrons. The van der Waals surface area contributed by atoms with E-state index in [1.165, 1.54) is 4.90 Å². The van der Waals surface area contributed by atoms with Crippen LogP contribution < -0.4 is 0 Å². The molecule has 1 aliphatic rings. The molecule has 0 spiro atoms. The van der Waals surface area contributed by atoms with E-state index in [1.54, 1.807) is 6.92 Å². The lowest BCUT2D eigenvalue weighted by molar-refractivity contribution is -0.196. The summed E-state index contributed by atoms with van der Waals surface area (Å²) in [5, 5.41) is 8.66. The zero-order valence-electron chi connectivity index (χ0n) is 10.5. The van der Waals surface area contributed by atoms with E-state index in [4.69, 9.17) is 5.11 Å². The third kappa shape index (κ3) is 4.15. The van der Waals surface area contributed by atoms with Crippen LogP contribution in [-0.4, -0.2) is 40.8 Å². The molecule has 0 heterocycles. The highest BCUT2D eigenvalue weighted by Gasteiger charge is 2.46. The fraction of sp³-hybridized carbons (Fsp3) is 0.917. The van der Waals surface area contributed by atoms with Crippen molar-refractivity contribution in [3.8, 4) is 0 Å². The summed E-state index contributed by atoms with van der Waals surface area (Å²) in [5.41, 5.74) is 0. The zero-order chi connectivity index (χ0) is 13.8. The molecule has 0 bridgehead atoms. The fourth-order valence-electron chi connectivity index (χ4n) is 2.73. The molecule has 0 aromatic rings. The molecule has 1 saturated carbocycles. The Labute approximate surface area is 105 Å². The molecule has 1 fully saturated rings. The van der Waals surface area contributed by atoms with Crippen LogP contribution in [0.25, 0.3) is 0 Å². The number of nitrogens with zero attached hydrogens (tertiary/aromatic N) is 1. The Morgan fingerprint density at radius 2 is 1.89 bits per heavy atom. The van der Waals surface area contributed by atoms with E-state index in [-0.39, 0.29) is 12.6 Å². The average molecular weight is 267 g/mol. The van der Waals surface area contributed by atoms with Gasteiger partial charge in [0.05, 0.1) is 6.42 Å². The number of carboxylic acid groups (broad SMARTS) is 1. The smallest absolute Gasteiger partial charge is 0.404 e. The van der Waals surface area contributed by atoms with Crippen molar-refractivity contribution >= 4 is 5.97 Å². The highest BCUT2D eigenvalue weighted by atomic mass is 19.4. The summed E-state index contributed by atoms with van der Waals surface area (Å²) in [7, 11) is 0. The lowest BCUT2D eigenvalue weighted by Gasteiger charge is -2.39. The van der Waals surface area contributed by atoms with Gasteiger partial charge in [-0.2, -0.15) is 13.2 Å². The van der Waals surface area contributed by atoms with Gasteiger partial charge < -0.3 is 5.11 Å². The molecule has 0 amide bonds. The minimum atomic E-state index is -4.48. The van der Waals surface area contributed by atoms with E-state index in [0.29, 0.717) is 0 Å². The van der Waals surface area contributed by atoms with E-state index >= 15 is 0 Å². The number of carboxylic acids is 1. The van der Waals surface area contributed by atoms with Gasteiger partial charge in [-0.05, 0) is 19.4 Å². The highest BCUT2D eigenvalue weighted by Crippen LogP contribution is 2.32. The summed E-state index contributed by atoms with van der Waals surface area (Å²) < 4.78 is 38.9. The Morgan fingerprint density at radius 3 is 2.28 bits per heavy atom. The maximum Gasteiger partial charge on any atom is 0.404 e. The number of hydrogen-bond donors (Lipinski definition) is 1. The van der Waals surface area contributed by atoms with Crippen molar-refractivity contribution < 1.29 is 23.1 Å². The molecule has 6 heteroatoms. The SMILES string of the molecule is CCN(C1CCCCC1)C(CC(=O)O)C(F)(F)F. The predicted molar refractivity (Wildman–Crippen MR) is 61.3 cm³/mol. The molecule has 0 saturated heterocycles. The highest BCUT2D eigenvalue weighted by molar-refractivity contribution is 5.67. The Balaban J connectivity index is 2.81. The molecule has 1 aliphatic carbocycles. The van der Waals surface area contributed by atoms with Crippen molar-refractivity contribution in [3.63, 3.8) is 0 Å². The lowest BCUT2D eigenvalue weighted by atomic mass is 9.92. The third-order valence-corrected chi connectivity index (χ3v) is 3.56. The van der Waals surface area contributed by atoms with Crippen molar-refractivity contribution in [1.29, 1.82) is 0 Å². The average Bonchev–Trinajstić information content (AvgIpc) is 2.28. The molecular formula is C12H20F3NO2. The van der Waals surface area contributed by atoms with Gasteiger partial charge in [0, 0.05) is 6.04 Å². The molecule has 1 N–H and O–H groups in total. The second kappa shape index (κ2) is 6.41. The molecule has 1 atom stereocenters. The maximum atomic E-state index is 13.0. The lowest BCUT2D eigenvalue weighted by Crippen LogP contribution is -2.52. The molecule has 0 aliphatic heterocycles. The number of halogens is 3. The van der Waals surface area contributed by atoms with Crippen molar-refractivity contribution in [2.45, 2.75) is 63.7 Å². The first-order valence-electron chi connectivity index (χ1n) is 6.40. The van der Waals surface area contributed by atoms with Crippen molar-refractivity contribution in [3.05, 3.63) is 0 Å². The van der Waals surface area contributed by atoms with Crippen LogP contribution >= 0.6 is 0 Å². The number of aliphatic carboxylic acids is 1.